The van der Waals surface area contributed by atoms with Crippen LogP contribution in [0.15, 0.2) is 18.2 Å². The molecular formula is C18H19N3O6. The third-order valence-electron chi connectivity index (χ3n) is 4.85. The topological polar surface area (TPSA) is 114 Å². The Balaban J connectivity index is 1.49. The van der Waals surface area contributed by atoms with Crippen LogP contribution >= 0.6 is 0 Å². The summed E-state index contributed by atoms with van der Waals surface area (Å²) in [6, 6.07) is 3.68. The number of nitrogens with zero attached hydrogens (tertiary/aromatic N) is 1. The van der Waals surface area contributed by atoms with Gasteiger partial charge in [0.2, 0.25) is 11.8 Å². The van der Waals surface area contributed by atoms with E-state index in [1.807, 2.05) is 0 Å². The van der Waals surface area contributed by atoms with Crippen LogP contribution in [-0.2, 0) is 14.3 Å². The number of morpholine rings is 1. The van der Waals surface area contributed by atoms with Gasteiger partial charge in [-0.3, -0.25) is 29.4 Å². The first-order valence-electron chi connectivity index (χ1n) is 8.85. The number of carbonyl (C=O) groups is 4. The molecular weight excluding hydrogens is 354 g/mol. The Morgan fingerprint density at radius 2 is 1.96 bits per heavy atom. The third-order valence-corrected chi connectivity index (χ3v) is 4.85. The second-order valence-corrected chi connectivity index (χ2v) is 6.66. The van der Waals surface area contributed by atoms with Crippen LogP contribution in [0.5, 0.6) is 5.75 Å². The number of hydrogen-bond donors (Lipinski definition) is 2. The molecule has 1 unspecified atom stereocenters. The lowest BCUT2D eigenvalue weighted by Crippen LogP contribution is -2.54. The summed E-state index contributed by atoms with van der Waals surface area (Å²) in [5.74, 6) is -1.65. The smallest absolute Gasteiger partial charge is 0.262 e. The van der Waals surface area contributed by atoms with Crippen molar-refractivity contribution in [2.75, 3.05) is 26.3 Å². The van der Waals surface area contributed by atoms with Gasteiger partial charge in [0, 0.05) is 19.5 Å². The standard InChI is InChI=1S/C18H19N3O6/c22-15-4-3-14(16(23)20-15)21-17(24)12-2-1-10(7-13(12)18(21)25)27-9-11-8-19-5-6-26-11/h1-2,7,11,14,19H,3-6,8-9H2,(H,20,22,23)/t11-,14?/m0/s1. The number of fused-ring (bicyclic) bond motifs is 1. The normalized spacial score (nSPS) is 25.4. The highest BCUT2D eigenvalue weighted by Crippen LogP contribution is 2.30. The lowest BCUT2D eigenvalue weighted by molar-refractivity contribution is -0.136. The van der Waals surface area contributed by atoms with E-state index in [9.17, 15) is 19.2 Å². The molecule has 0 aliphatic carbocycles. The highest BCUT2D eigenvalue weighted by Gasteiger charge is 2.44. The first kappa shape index (κ1) is 17.6. The third kappa shape index (κ3) is 3.31. The molecule has 0 spiro atoms. The Morgan fingerprint density at radius 1 is 1.15 bits per heavy atom. The van der Waals surface area contributed by atoms with Crippen molar-refractivity contribution >= 4 is 23.6 Å². The number of carbonyl (C=O) groups excluding carboxylic acids is 4. The number of piperidine rings is 1. The summed E-state index contributed by atoms with van der Waals surface area (Å²) in [5.41, 5.74) is 0.428. The Morgan fingerprint density at radius 3 is 2.70 bits per heavy atom. The molecule has 0 bridgehead atoms. The lowest BCUT2D eigenvalue weighted by atomic mass is 10.0. The molecule has 2 N–H and O–H groups in total. The molecule has 1 aromatic carbocycles. The molecule has 4 amide bonds. The second-order valence-electron chi connectivity index (χ2n) is 6.66. The highest BCUT2D eigenvalue weighted by atomic mass is 16.5. The van der Waals surface area contributed by atoms with Crippen molar-refractivity contribution in [3.8, 4) is 5.75 Å². The molecule has 2 fully saturated rings. The van der Waals surface area contributed by atoms with E-state index in [2.05, 4.69) is 10.6 Å². The average Bonchev–Trinajstić information content (AvgIpc) is 2.92. The minimum atomic E-state index is -0.971. The van der Waals surface area contributed by atoms with Crippen LogP contribution in [0, 0.1) is 0 Å². The van der Waals surface area contributed by atoms with E-state index in [1.165, 1.54) is 12.1 Å². The molecule has 9 nitrogen and oxygen atoms in total. The number of ether oxygens (including phenoxy) is 2. The molecule has 4 rings (SSSR count). The summed E-state index contributed by atoms with van der Waals surface area (Å²) in [4.78, 5) is 49.7. The molecule has 3 heterocycles. The fourth-order valence-electron chi connectivity index (χ4n) is 3.46. The molecule has 0 aromatic heterocycles. The molecule has 2 saturated heterocycles. The summed E-state index contributed by atoms with van der Waals surface area (Å²) in [6.45, 7) is 2.44. The fourth-order valence-corrected chi connectivity index (χ4v) is 3.46. The van der Waals surface area contributed by atoms with Gasteiger partial charge in [-0.25, -0.2) is 0 Å². The SMILES string of the molecule is O=C1CCC(N2C(=O)c3ccc(OC[C@@H]4CNCCO4)cc3C2=O)C(=O)N1. The molecule has 3 aliphatic rings. The fraction of sp³-hybridized carbons (Fsp3) is 0.444. The summed E-state index contributed by atoms with van der Waals surface area (Å²) < 4.78 is 11.3. The quantitative estimate of drug-likeness (QED) is 0.681. The minimum Gasteiger partial charge on any atom is -0.491 e. The molecule has 1 aromatic rings. The van der Waals surface area contributed by atoms with Crippen LogP contribution in [0.1, 0.15) is 33.6 Å². The zero-order chi connectivity index (χ0) is 19.0. The number of amides is 4. The zero-order valence-electron chi connectivity index (χ0n) is 14.5. The average molecular weight is 373 g/mol. The van der Waals surface area contributed by atoms with Crippen LogP contribution in [0.4, 0.5) is 0 Å². The first-order valence-corrected chi connectivity index (χ1v) is 8.85. The number of nitrogens with one attached hydrogen (secondary N) is 2. The van der Waals surface area contributed by atoms with Gasteiger partial charge >= 0.3 is 0 Å². The van der Waals surface area contributed by atoms with Gasteiger partial charge < -0.3 is 14.8 Å². The van der Waals surface area contributed by atoms with Crippen molar-refractivity contribution in [3.05, 3.63) is 29.3 Å². The van der Waals surface area contributed by atoms with Crippen LogP contribution in [-0.4, -0.2) is 67.0 Å². The maximum absolute atomic E-state index is 12.7. The van der Waals surface area contributed by atoms with Gasteiger partial charge in [-0.05, 0) is 24.6 Å². The summed E-state index contributed by atoms with van der Waals surface area (Å²) in [6.07, 6.45) is 0.142. The highest BCUT2D eigenvalue weighted by molar-refractivity contribution is 6.23. The van der Waals surface area contributed by atoms with Crippen molar-refractivity contribution in [1.82, 2.24) is 15.5 Å². The molecule has 0 radical (unpaired) electrons. The lowest BCUT2D eigenvalue weighted by Gasteiger charge is -2.27. The van der Waals surface area contributed by atoms with E-state index in [1.54, 1.807) is 6.07 Å². The van der Waals surface area contributed by atoms with Crippen molar-refractivity contribution in [3.63, 3.8) is 0 Å². The summed E-state index contributed by atoms with van der Waals surface area (Å²) in [5, 5.41) is 5.38. The maximum Gasteiger partial charge on any atom is 0.262 e. The minimum absolute atomic E-state index is 0.0793. The summed E-state index contributed by atoms with van der Waals surface area (Å²) >= 11 is 0. The maximum atomic E-state index is 12.7. The van der Waals surface area contributed by atoms with Crippen LogP contribution in [0.3, 0.4) is 0 Å². The zero-order valence-corrected chi connectivity index (χ0v) is 14.5. The predicted octanol–water partition coefficient (Wildman–Crippen LogP) is -0.545. The van der Waals surface area contributed by atoms with E-state index in [0.29, 0.717) is 25.5 Å². The van der Waals surface area contributed by atoms with Crippen LogP contribution in [0.25, 0.3) is 0 Å². The van der Waals surface area contributed by atoms with Gasteiger partial charge in [0.1, 0.15) is 24.5 Å². The van der Waals surface area contributed by atoms with Gasteiger partial charge in [-0.2, -0.15) is 0 Å². The van der Waals surface area contributed by atoms with Crippen molar-refractivity contribution in [1.29, 1.82) is 0 Å². The number of benzene rings is 1. The van der Waals surface area contributed by atoms with E-state index < -0.39 is 29.7 Å². The van der Waals surface area contributed by atoms with Gasteiger partial charge in [0.05, 0.1) is 17.7 Å². The van der Waals surface area contributed by atoms with E-state index in [0.717, 1.165) is 11.4 Å². The van der Waals surface area contributed by atoms with Crippen molar-refractivity contribution < 1.29 is 28.7 Å². The van der Waals surface area contributed by atoms with E-state index in [-0.39, 0.29) is 30.1 Å². The number of imide groups is 2. The largest absolute Gasteiger partial charge is 0.491 e. The molecule has 2 atom stereocenters. The van der Waals surface area contributed by atoms with E-state index in [4.69, 9.17) is 9.47 Å². The van der Waals surface area contributed by atoms with Gasteiger partial charge in [-0.1, -0.05) is 0 Å². The van der Waals surface area contributed by atoms with Gasteiger partial charge in [0.15, 0.2) is 0 Å². The molecule has 3 aliphatic heterocycles. The number of rotatable bonds is 4. The summed E-state index contributed by atoms with van der Waals surface area (Å²) in [7, 11) is 0. The molecule has 142 valence electrons. The van der Waals surface area contributed by atoms with Crippen LogP contribution < -0.4 is 15.4 Å². The van der Waals surface area contributed by atoms with E-state index >= 15 is 0 Å². The molecule has 27 heavy (non-hydrogen) atoms. The predicted molar refractivity (Wildman–Crippen MR) is 91.2 cm³/mol. The van der Waals surface area contributed by atoms with Gasteiger partial charge in [0.25, 0.3) is 11.8 Å². The molecule has 9 heteroatoms. The van der Waals surface area contributed by atoms with Crippen molar-refractivity contribution in [2.24, 2.45) is 0 Å². The molecule has 0 saturated carbocycles. The monoisotopic (exact) mass is 373 g/mol. The van der Waals surface area contributed by atoms with Crippen LogP contribution in [0.2, 0.25) is 0 Å². The number of hydrogen-bond acceptors (Lipinski definition) is 7. The Labute approximate surface area is 155 Å². The Kier molecular flexibility index (Phi) is 4.63. The van der Waals surface area contributed by atoms with Gasteiger partial charge in [-0.15, -0.1) is 0 Å². The Bertz CT molecular complexity index is 817. The first-order chi connectivity index (χ1) is 13.0. The Hall–Kier alpha value is -2.78. The van der Waals surface area contributed by atoms with Crippen molar-refractivity contribution in [2.45, 2.75) is 25.0 Å². The second kappa shape index (κ2) is 7.09.